The molecule has 0 aliphatic heterocycles. The summed E-state index contributed by atoms with van der Waals surface area (Å²) in [6.07, 6.45) is 1.15. The number of nitrogens with zero attached hydrogens (tertiary/aromatic N) is 4. The van der Waals surface area contributed by atoms with Gasteiger partial charge in [0.2, 0.25) is 5.71 Å². The molecule has 3 aromatic heterocycles. The fourth-order valence-corrected chi connectivity index (χ4v) is 3.59. The van der Waals surface area contributed by atoms with Crippen molar-refractivity contribution in [2.45, 2.75) is 33.2 Å². The molecule has 0 radical (unpaired) electrons. The molecule has 0 saturated carbocycles. The second kappa shape index (κ2) is 7.74. The molecule has 0 aliphatic carbocycles. The lowest BCUT2D eigenvalue weighted by molar-refractivity contribution is -0.120. The first kappa shape index (κ1) is 19.4. The third-order valence-corrected chi connectivity index (χ3v) is 5.02. The van der Waals surface area contributed by atoms with E-state index in [0.717, 1.165) is 10.9 Å². The van der Waals surface area contributed by atoms with Gasteiger partial charge in [-0.2, -0.15) is 5.26 Å². The van der Waals surface area contributed by atoms with Crippen LogP contribution in [0.4, 0.5) is 0 Å². The second-order valence-corrected chi connectivity index (χ2v) is 6.86. The van der Waals surface area contributed by atoms with Crippen molar-refractivity contribution in [2.24, 2.45) is 0 Å². The van der Waals surface area contributed by atoms with E-state index in [0.29, 0.717) is 10.7 Å². The number of ketones is 1. The molecule has 1 atom stereocenters. The Hall–Kier alpha value is -3.32. The van der Waals surface area contributed by atoms with Gasteiger partial charge in [-0.25, -0.2) is 14.8 Å². The maximum atomic E-state index is 12.9. The molecule has 28 heavy (non-hydrogen) atoms. The van der Waals surface area contributed by atoms with E-state index in [1.165, 1.54) is 18.3 Å². The number of hydrogen-bond acceptors (Lipinski definition) is 9. The maximum Gasteiger partial charge on any atom is 0.342 e. The molecule has 0 fully saturated rings. The van der Waals surface area contributed by atoms with Crippen molar-refractivity contribution in [1.29, 1.82) is 5.26 Å². The van der Waals surface area contributed by atoms with Gasteiger partial charge in [0, 0.05) is 11.1 Å². The zero-order valence-corrected chi connectivity index (χ0v) is 16.2. The smallest absolute Gasteiger partial charge is 0.342 e. The summed E-state index contributed by atoms with van der Waals surface area (Å²) in [5.74, 6) is -2.08. The molecule has 0 saturated heterocycles. The van der Waals surface area contributed by atoms with Gasteiger partial charge >= 0.3 is 5.97 Å². The third kappa shape index (κ3) is 3.44. The average Bonchev–Trinajstić information content (AvgIpc) is 3.21. The van der Waals surface area contributed by atoms with Crippen LogP contribution in [0.15, 0.2) is 20.9 Å². The molecule has 144 valence electrons. The molecule has 3 rings (SSSR count). The zero-order chi connectivity index (χ0) is 20.4. The van der Waals surface area contributed by atoms with Crippen LogP contribution in [0.1, 0.15) is 39.7 Å². The Morgan fingerprint density at radius 3 is 2.79 bits per heavy atom. The predicted octanol–water partition coefficient (Wildman–Crippen LogP) is 2.12. The normalized spacial score (nSPS) is 11.9. The van der Waals surface area contributed by atoms with Crippen molar-refractivity contribution in [3.63, 3.8) is 0 Å². The molecule has 0 spiro atoms. The molecule has 0 N–H and O–H groups in total. The maximum absolute atomic E-state index is 12.9. The number of hydrogen-bond donors (Lipinski definition) is 0. The van der Waals surface area contributed by atoms with Crippen LogP contribution in [0.3, 0.4) is 0 Å². The van der Waals surface area contributed by atoms with E-state index in [1.807, 2.05) is 6.07 Å². The van der Waals surface area contributed by atoms with E-state index in [9.17, 15) is 19.6 Å². The number of aromatic nitrogens is 3. The van der Waals surface area contributed by atoms with Gasteiger partial charge in [0.15, 0.2) is 11.7 Å². The van der Waals surface area contributed by atoms with Crippen molar-refractivity contribution in [3.8, 4) is 6.07 Å². The van der Waals surface area contributed by atoms with Crippen LogP contribution in [0.25, 0.3) is 11.1 Å². The van der Waals surface area contributed by atoms with Crippen LogP contribution in [-0.2, 0) is 16.1 Å². The minimum absolute atomic E-state index is 0.0106. The molecule has 0 aromatic carbocycles. The van der Waals surface area contributed by atoms with E-state index in [1.54, 1.807) is 19.2 Å². The number of aryl methyl sites for hydroxylation is 2. The first-order chi connectivity index (χ1) is 13.4. The number of furan rings is 1. The molecule has 0 amide bonds. The first-order valence-electron chi connectivity index (χ1n) is 8.37. The first-order valence-corrected chi connectivity index (χ1v) is 9.25. The molecule has 10 heteroatoms. The number of nitriles is 1. The highest BCUT2D eigenvalue weighted by molar-refractivity contribution is 7.09. The van der Waals surface area contributed by atoms with E-state index in [2.05, 4.69) is 9.97 Å². The van der Waals surface area contributed by atoms with Crippen molar-refractivity contribution < 1.29 is 18.7 Å². The number of esters is 1. The van der Waals surface area contributed by atoms with Gasteiger partial charge < -0.3 is 9.15 Å². The van der Waals surface area contributed by atoms with Crippen LogP contribution in [0, 0.1) is 25.2 Å². The van der Waals surface area contributed by atoms with Gasteiger partial charge in [0.25, 0.3) is 5.56 Å². The summed E-state index contributed by atoms with van der Waals surface area (Å²) >= 11 is 1.21. The number of carbonyl (C=O) groups excluding carboxylic acids is 2. The third-order valence-electron chi connectivity index (χ3n) is 4.00. The molecular weight excluding hydrogens is 384 g/mol. The summed E-state index contributed by atoms with van der Waals surface area (Å²) in [4.78, 5) is 45.9. The van der Waals surface area contributed by atoms with Gasteiger partial charge in [0.05, 0.1) is 19.2 Å². The summed E-state index contributed by atoms with van der Waals surface area (Å²) in [6, 6.07) is 1.93. The summed E-state index contributed by atoms with van der Waals surface area (Å²) < 4.78 is 11.4. The lowest BCUT2D eigenvalue weighted by Crippen LogP contribution is -2.27. The van der Waals surface area contributed by atoms with Crippen molar-refractivity contribution >= 4 is 34.2 Å². The van der Waals surface area contributed by atoms with Crippen molar-refractivity contribution in [3.05, 3.63) is 44.1 Å². The monoisotopic (exact) mass is 400 g/mol. The Labute approximate surface area is 163 Å². The van der Waals surface area contributed by atoms with Gasteiger partial charge in [0.1, 0.15) is 28.0 Å². The topological polar surface area (TPSA) is 128 Å². The molecule has 3 heterocycles. The number of rotatable bonds is 6. The summed E-state index contributed by atoms with van der Waals surface area (Å²) in [5, 5.41) is 11.4. The van der Waals surface area contributed by atoms with Gasteiger partial charge in [-0.05, 0) is 20.8 Å². The minimum Gasteiger partial charge on any atom is -0.462 e. The molecular formula is C18H16N4O5S. The van der Waals surface area contributed by atoms with Crippen LogP contribution >= 0.6 is 11.3 Å². The van der Waals surface area contributed by atoms with Crippen LogP contribution in [0.5, 0.6) is 0 Å². The average molecular weight is 400 g/mol. The Morgan fingerprint density at radius 2 is 2.18 bits per heavy atom. The van der Waals surface area contributed by atoms with Crippen LogP contribution < -0.4 is 5.56 Å². The van der Waals surface area contributed by atoms with E-state index < -0.39 is 23.2 Å². The van der Waals surface area contributed by atoms with Crippen molar-refractivity contribution in [2.75, 3.05) is 6.61 Å². The van der Waals surface area contributed by atoms with Gasteiger partial charge in [-0.15, -0.1) is 11.3 Å². The highest BCUT2D eigenvalue weighted by atomic mass is 32.1. The Kier molecular flexibility index (Phi) is 5.37. The predicted molar refractivity (Wildman–Crippen MR) is 99.2 cm³/mol. The van der Waals surface area contributed by atoms with Crippen LogP contribution in [0.2, 0.25) is 0 Å². The van der Waals surface area contributed by atoms with Gasteiger partial charge in [-0.3, -0.25) is 14.2 Å². The standard InChI is InChI=1S/C18H16N4O5S/c1-4-26-18(25)13-10(3)27-15-14(13)17(24)22(8-20-15)6-12(23)11(5-19)16-21-9(2)7-28-16/h7-8,11H,4,6H2,1-3H3. The summed E-state index contributed by atoms with van der Waals surface area (Å²) in [7, 11) is 0. The Balaban J connectivity index is 2.00. The zero-order valence-electron chi connectivity index (χ0n) is 15.4. The second-order valence-electron chi connectivity index (χ2n) is 5.97. The molecule has 3 aromatic rings. The Morgan fingerprint density at radius 1 is 1.43 bits per heavy atom. The summed E-state index contributed by atoms with van der Waals surface area (Å²) in [6.45, 7) is 4.69. The fraction of sp³-hybridized carbons (Fsp3) is 0.333. The van der Waals surface area contributed by atoms with Gasteiger partial charge in [-0.1, -0.05) is 0 Å². The molecule has 1 unspecified atom stereocenters. The molecule has 0 aliphatic rings. The SMILES string of the molecule is CCOC(=O)c1c(C)oc2ncn(CC(=O)C(C#N)c3nc(C)cs3)c(=O)c12. The van der Waals surface area contributed by atoms with Crippen LogP contribution in [-0.4, -0.2) is 32.9 Å². The van der Waals surface area contributed by atoms with Crippen molar-refractivity contribution in [1.82, 2.24) is 14.5 Å². The molecule has 9 nitrogen and oxygen atoms in total. The van der Waals surface area contributed by atoms with E-state index >= 15 is 0 Å². The Bertz CT molecular complexity index is 1170. The number of fused-ring (bicyclic) bond motifs is 1. The number of carbonyl (C=O) groups is 2. The molecule has 0 bridgehead atoms. The summed E-state index contributed by atoms with van der Waals surface area (Å²) in [5.41, 5.74) is 0.0664. The van der Waals surface area contributed by atoms with E-state index in [-0.39, 0.29) is 35.6 Å². The minimum atomic E-state index is -1.09. The lowest BCUT2D eigenvalue weighted by Gasteiger charge is -2.07. The lowest BCUT2D eigenvalue weighted by atomic mass is 10.1. The number of ether oxygens (including phenoxy) is 1. The number of thiazole rings is 1. The fourth-order valence-electron chi connectivity index (χ4n) is 2.73. The largest absolute Gasteiger partial charge is 0.462 e. The van der Waals surface area contributed by atoms with E-state index in [4.69, 9.17) is 9.15 Å². The highest BCUT2D eigenvalue weighted by Crippen LogP contribution is 2.23. The number of Topliss-reactive ketones (excluding diaryl/α,β-unsaturated/α-hetero) is 1. The quantitative estimate of drug-likeness (QED) is 0.576. The highest BCUT2D eigenvalue weighted by Gasteiger charge is 2.27.